The summed E-state index contributed by atoms with van der Waals surface area (Å²) in [5.41, 5.74) is 4.52. The molecule has 0 aromatic rings. The van der Waals surface area contributed by atoms with Crippen molar-refractivity contribution in [2.45, 2.75) is 79.6 Å². The molecule has 10 nitrogen and oxygen atoms in total. The molecule has 29 heavy (non-hydrogen) atoms. The van der Waals surface area contributed by atoms with E-state index in [0.717, 1.165) is 13.8 Å². The van der Waals surface area contributed by atoms with Crippen molar-refractivity contribution in [2.24, 2.45) is 5.73 Å². The fourth-order valence-corrected chi connectivity index (χ4v) is 1.60. The molecule has 172 valence electrons. The SMILES string of the molecule is CC(=O)O.CC(=O)O.CC(CN)N(CC(=O)OC(C)(C)C)CC(=O)OC(C)(C)C. The van der Waals surface area contributed by atoms with Gasteiger partial charge in [-0.1, -0.05) is 0 Å². The largest absolute Gasteiger partial charge is 0.481 e. The second kappa shape index (κ2) is 14.7. The van der Waals surface area contributed by atoms with E-state index in [1.165, 1.54) is 0 Å². The Morgan fingerprint density at radius 1 is 0.828 bits per heavy atom. The molecule has 4 N–H and O–H groups in total. The van der Waals surface area contributed by atoms with Gasteiger partial charge in [-0.15, -0.1) is 0 Å². The molecule has 0 bridgehead atoms. The Morgan fingerprint density at radius 2 is 1.07 bits per heavy atom. The molecular weight excluding hydrogens is 384 g/mol. The van der Waals surface area contributed by atoms with Crippen LogP contribution in [-0.2, 0) is 28.7 Å². The van der Waals surface area contributed by atoms with E-state index in [0.29, 0.717) is 6.54 Å². The van der Waals surface area contributed by atoms with E-state index in [2.05, 4.69) is 0 Å². The minimum absolute atomic E-state index is 0.00881. The predicted molar refractivity (Wildman–Crippen MR) is 108 cm³/mol. The van der Waals surface area contributed by atoms with Crippen molar-refractivity contribution >= 4 is 23.9 Å². The number of rotatable bonds is 6. The first-order valence-electron chi connectivity index (χ1n) is 9.07. The number of carboxylic acid groups (broad SMARTS) is 2. The van der Waals surface area contributed by atoms with Crippen molar-refractivity contribution < 1.29 is 38.9 Å². The van der Waals surface area contributed by atoms with Gasteiger partial charge >= 0.3 is 11.9 Å². The van der Waals surface area contributed by atoms with Gasteiger partial charge < -0.3 is 25.4 Å². The maximum atomic E-state index is 11.9. The molecule has 0 saturated carbocycles. The van der Waals surface area contributed by atoms with Crippen LogP contribution in [0.1, 0.15) is 62.3 Å². The lowest BCUT2D eigenvalue weighted by atomic mass is 10.2. The smallest absolute Gasteiger partial charge is 0.320 e. The van der Waals surface area contributed by atoms with Crippen molar-refractivity contribution in [3.05, 3.63) is 0 Å². The molecule has 0 aromatic carbocycles. The van der Waals surface area contributed by atoms with Crippen molar-refractivity contribution in [1.29, 1.82) is 0 Å². The highest BCUT2D eigenvalue weighted by Gasteiger charge is 2.25. The third kappa shape index (κ3) is 30.8. The van der Waals surface area contributed by atoms with Gasteiger partial charge in [-0.2, -0.15) is 0 Å². The van der Waals surface area contributed by atoms with Crippen LogP contribution in [0.3, 0.4) is 0 Å². The highest BCUT2D eigenvalue weighted by atomic mass is 16.6. The summed E-state index contributed by atoms with van der Waals surface area (Å²) >= 11 is 0. The molecule has 0 aliphatic carbocycles. The van der Waals surface area contributed by atoms with Gasteiger partial charge in [0.05, 0.1) is 13.1 Å². The van der Waals surface area contributed by atoms with Crippen LogP contribution in [-0.4, -0.2) is 75.9 Å². The maximum Gasteiger partial charge on any atom is 0.320 e. The Kier molecular flexibility index (Phi) is 16.0. The number of hydrogen-bond donors (Lipinski definition) is 3. The van der Waals surface area contributed by atoms with E-state index in [-0.39, 0.29) is 31.1 Å². The highest BCUT2D eigenvalue weighted by Crippen LogP contribution is 2.10. The number of carbonyl (C=O) groups is 4. The van der Waals surface area contributed by atoms with Crippen LogP contribution in [0.25, 0.3) is 0 Å². The molecule has 0 fully saturated rings. The molecule has 10 heteroatoms. The first kappa shape index (κ1) is 31.5. The summed E-state index contributed by atoms with van der Waals surface area (Å²) < 4.78 is 10.5. The van der Waals surface area contributed by atoms with Crippen molar-refractivity contribution in [1.82, 2.24) is 4.90 Å². The summed E-state index contributed by atoms with van der Waals surface area (Å²) in [6.45, 7) is 15.2. The number of carboxylic acids is 2. The molecule has 0 heterocycles. The normalized spacial score (nSPS) is 11.8. The number of esters is 2. The van der Waals surface area contributed by atoms with Crippen LogP contribution in [0.2, 0.25) is 0 Å². The van der Waals surface area contributed by atoms with Gasteiger partial charge in [-0.3, -0.25) is 24.1 Å². The first-order chi connectivity index (χ1) is 12.8. The summed E-state index contributed by atoms with van der Waals surface area (Å²) in [5.74, 6) is -2.43. The second-order valence-electron chi connectivity index (χ2n) is 8.20. The summed E-state index contributed by atoms with van der Waals surface area (Å²) in [7, 11) is 0. The van der Waals surface area contributed by atoms with Gasteiger partial charge in [0.1, 0.15) is 11.2 Å². The van der Waals surface area contributed by atoms with E-state index >= 15 is 0 Å². The van der Waals surface area contributed by atoms with Crippen LogP contribution in [0.5, 0.6) is 0 Å². The fourth-order valence-electron chi connectivity index (χ4n) is 1.60. The number of carbonyl (C=O) groups excluding carboxylic acids is 2. The molecule has 0 amide bonds. The third-order valence-electron chi connectivity index (χ3n) is 2.47. The van der Waals surface area contributed by atoms with Crippen molar-refractivity contribution in [2.75, 3.05) is 19.6 Å². The lowest BCUT2D eigenvalue weighted by Gasteiger charge is -2.29. The van der Waals surface area contributed by atoms with E-state index in [1.807, 2.05) is 6.92 Å². The zero-order chi connectivity index (χ0) is 24.0. The Balaban J connectivity index is -0.000000712. The van der Waals surface area contributed by atoms with Crippen LogP contribution >= 0.6 is 0 Å². The van der Waals surface area contributed by atoms with Gasteiger partial charge in [0.2, 0.25) is 0 Å². The Morgan fingerprint density at radius 3 is 1.24 bits per heavy atom. The van der Waals surface area contributed by atoms with Crippen LogP contribution in [0, 0.1) is 0 Å². The lowest BCUT2D eigenvalue weighted by Crippen LogP contribution is -2.46. The quantitative estimate of drug-likeness (QED) is 0.536. The first-order valence-corrected chi connectivity index (χ1v) is 9.07. The predicted octanol–water partition coefficient (Wildman–Crippen LogP) is 1.50. The summed E-state index contributed by atoms with van der Waals surface area (Å²) in [6, 6.07) is -0.120. The molecule has 1 unspecified atom stereocenters. The number of ether oxygens (including phenoxy) is 2. The number of nitrogens with two attached hydrogens (primary N) is 1. The van der Waals surface area contributed by atoms with Crippen LogP contribution in [0.4, 0.5) is 0 Å². The molecule has 0 aliphatic heterocycles. The van der Waals surface area contributed by atoms with Crippen molar-refractivity contribution in [3.63, 3.8) is 0 Å². The number of hydrogen-bond acceptors (Lipinski definition) is 8. The fraction of sp³-hybridized carbons (Fsp3) is 0.789. The standard InChI is InChI=1S/C15H30N2O4.2C2H4O2/c1-11(8-16)17(9-12(18)20-14(2,3)4)10-13(19)21-15(5,6)7;2*1-2(3)4/h11H,8-10,16H2,1-7H3;2*1H3,(H,3,4). The zero-order valence-corrected chi connectivity index (χ0v) is 19.1. The number of nitrogens with zero attached hydrogens (tertiary/aromatic N) is 1. The average Bonchev–Trinajstić information content (AvgIpc) is 2.40. The third-order valence-corrected chi connectivity index (χ3v) is 2.47. The minimum atomic E-state index is -0.833. The Hall–Kier alpha value is -2.20. The van der Waals surface area contributed by atoms with E-state index < -0.39 is 23.1 Å². The topological polar surface area (TPSA) is 156 Å². The zero-order valence-electron chi connectivity index (χ0n) is 19.1. The molecule has 0 rings (SSSR count). The van der Waals surface area contributed by atoms with Gasteiger partial charge in [0, 0.05) is 26.4 Å². The molecule has 0 radical (unpaired) electrons. The Labute approximate surface area is 173 Å². The Bertz CT molecular complexity index is 471. The molecular formula is C19H38N2O8. The molecule has 0 aromatic heterocycles. The van der Waals surface area contributed by atoms with Crippen molar-refractivity contribution in [3.8, 4) is 0 Å². The molecule has 0 saturated heterocycles. The summed E-state index contributed by atoms with van der Waals surface area (Å²) in [5, 5.41) is 14.8. The molecule has 1 atom stereocenters. The van der Waals surface area contributed by atoms with Gasteiger partial charge in [-0.25, -0.2) is 0 Å². The number of aliphatic carboxylic acids is 2. The van der Waals surface area contributed by atoms with E-state index in [9.17, 15) is 9.59 Å². The lowest BCUT2D eigenvalue weighted by molar-refractivity contribution is -0.160. The van der Waals surface area contributed by atoms with E-state index in [4.69, 9.17) is 35.0 Å². The van der Waals surface area contributed by atoms with Gasteiger partial charge in [0.25, 0.3) is 11.9 Å². The highest BCUT2D eigenvalue weighted by molar-refractivity contribution is 5.75. The molecule has 0 spiro atoms. The second-order valence-corrected chi connectivity index (χ2v) is 8.20. The van der Waals surface area contributed by atoms with Gasteiger partial charge in [0.15, 0.2) is 0 Å². The minimum Gasteiger partial charge on any atom is -0.481 e. The van der Waals surface area contributed by atoms with Crippen LogP contribution < -0.4 is 5.73 Å². The summed E-state index contributed by atoms with van der Waals surface area (Å²) in [6.07, 6.45) is 0. The molecule has 0 aliphatic rings. The van der Waals surface area contributed by atoms with Crippen LogP contribution in [0.15, 0.2) is 0 Å². The average molecular weight is 423 g/mol. The van der Waals surface area contributed by atoms with E-state index in [1.54, 1.807) is 46.4 Å². The monoisotopic (exact) mass is 422 g/mol. The maximum absolute atomic E-state index is 11.9. The summed E-state index contributed by atoms with van der Waals surface area (Å²) in [4.78, 5) is 43.5. The van der Waals surface area contributed by atoms with Gasteiger partial charge in [-0.05, 0) is 48.5 Å².